The molecule has 1 saturated carbocycles. The number of nitrogens with one attached hydrogen (secondary N) is 2. The third kappa shape index (κ3) is 5.14. The molecule has 3 atom stereocenters. The highest BCUT2D eigenvalue weighted by Crippen LogP contribution is 2.40. The average molecular weight is 499 g/mol. The Morgan fingerprint density at radius 1 is 1.14 bits per heavy atom. The van der Waals surface area contributed by atoms with E-state index in [-0.39, 0.29) is 53.7 Å². The smallest absolute Gasteiger partial charge is 0.293 e. The molecule has 1 heterocycles. The van der Waals surface area contributed by atoms with Crippen LogP contribution in [0.3, 0.4) is 0 Å². The van der Waals surface area contributed by atoms with Crippen LogP contribution in [0.2, 0.25) is 5.02 Å². The fourth-order valence-electron chi connectivity index (χ4n) is 4.83. The van der Waals surface area contributed by atoms with Crippen LogP contribution in [-0.4, -0.2) is 40.6 Å². The van der Waals surface area contributed by atoms with Crippen LogP contribution in [0.1, 0.15) is 42.1 Å². The monoisotopic (exact) mass is 498 g/mol. The molecule has 4 rings (SSSR count). The minimum atomic E-state index is -0.579. The molecule has 1 aliphatic carbocycles. The Kier molecular flexibility index (Phi) is 7.07. The molecule has 10 heteroatoms. The van der Waals surface area contributed by atoms with Crippen LogP contribution < -0.4 is 10.6 Å². The number of carbonyl (C=O) groups is 3. The van der Waals surface area contributed by atoms with Crippen LogP contribution >= 0.6 is 11.6 Å². The summed E-state index contributed by atoms with van der Waals surface area (Å²) in [6.07, 6.45) is 2.39. The predicted octanol–water partition coefficient (Wildman–Crippen LogP) is 4.64. The summed E-state index contributed by atoms with van der Waals surface area (Å²) in [5.74, 6) is -0.870. The highest BCUT2D eigenvalue weighted by atomic mass is 35.5. The number of amides is 3. The summed E-state index contributed by atoms with van der Waals surface area (Å²) in [4.78, 5) is 50.4. The number of halogens is 1. The van der Waals surface area contributed by atoms with Crippen molar-refractivity contribution in [1.82, 2.24) is 4.90 Å². The first-order chi connectivity index (χ1) is 16.7. The maximum absolute atomic E-state index is 12.7. The van der Waals surface area contributed by atoms with Gasteiger partial charge >= 0.3 is 0 Å². The topological polar surface area (TPSA) is 122 Å². The zero-order valence-corrected chi connectivity index (χ0v) is 20.3. The van der Waals surface area contributed by atoms with Crippen molar-refractivity contribution < 1.29 is 19.3 Å². The minimum Gasteiger partial charge on any atom is -0.378 e. The molecule has 9 nitrogen and oxygen atoms in total. The first-order valence-electron chi connectivity index (χ1n) is 11.6. The first-order valence-corrected chi connectivity index (χ1v) is 12.0. The van der Waals surface area contributed by atoms with Crippen molar-refractivity contribution in [2.45, 2.75) is 33.1 Å². The number of aryl methyl sites for hydroxylation is 1. The Morgan fingerprint density at radius 3 is 2.60 bits per heavy atom. The Labute approximate surface area is 208 Å². The van der Waals surface area contributed by atoms with Crippen LogP contribution in [0.4, 0.5) is 17.1 Å². The van der Waals surface area contributed by atoms with E-state index in [1.54, 1.807) is 18.2 Å². The third-order valence-electron chi connectivity index (χ3n) is 6.82. The number of fused-ring (bicyclic) bond motifs is 1. The van der Waals surface area contributed by atoms with E-state index >= 15 is 0 Å². The SMILES string of the molecule is Cc1ccc(NC(=O)c2ccc(NCCN3C(=O)[C@H]4C[C@@H](C)CC[C@H]4C3=O)c([N+](=O)[O-])c2)cc1Cl. The number of hydrogen-bond acceptors (Lipinski definition) is 6. The second-order valence-electron chi connectivity index (χ2n) is 9.29. The Balaban J connectivity index is 1.41. The lowest BCUT2D eigenvalue weighted by molar-refractivity contribution is -0.384. The van der Waals surface area contributed by atoms with E-state index in [1.807, 2.05) is 6.92 Å². The number of nitrogens with zero attached hydrogens (tertiary/aromatic N) is 2. The van der Waals surface area contributed by atoms with Gasteiger partial charge in [-0.2, -0.15) is 0 Å². The molecule has 0 bridgehead atoms. The van der Waals surface area contributed by atoms with Gasteiger partial charge in [-0.1, -0.05) is 24.6 Å². The maximum atomic E-state index is 12.7. The predicted molar refractivity (Wildman–Crippen MR) is 132 cm³/mol. The molecule has 2 aliphatic rings. The van der Waals surface area contributed by atoms with Crippen LogP contribution in [0.25, 0.3) is 0 Å². The number of likely N-dealkylation sites (tertiary alicyclic amines) is 1. The number of nitro groups is 1. The minimum absolute atomic E-state index is 0.113. The molecule has 184 valence electrons. The van der Waals surface area contributed by atoms with Crippen LogP contribution in [0.15, 0.2) is 36.4 Å². The van der Waals surface area contributed by atoms with Gasteiger partial charge in [-0.15, -0.1) is 0 Å². The lowest BCUT2D eigenvalue weighted by Crippen LogP contribution is -2.35. The van der Waals surface area contributed by atoms with E-state index in [9.17, 15) is 24.5 Å². The van der Waals surface area contributed by atoms with Gasteiger partial charge in [0.1, 0.15) is 5.69 Å². The summed E-state index contributed by atoms with van der Waals surface area (Å²) in [6, 6.07) is 9.18. The normalized spacial score (nSPS) is 21.6. The standard InChI is InChI=1S/C25H27ClN4O5/c1-14-3-7-18-19(11-14)25(33)29(24(18)32)10-9-27-21-8-5-16(12-22(21)30(34)35)23(31)28-17-6-4-15(2)20(26)13-17/h4-6,8,12-14,18-19,27H,3,7,9-11H2,1-2H3,(H,28,31)/t14-,18+,19-/m0/s1. The first kappa shape index (κ1) is 24.7. The van der Waals surface area contributed by atoms with Gasteiger partial charge in [0.05, 0.1) is 16.8 Å². The van der Waals surface area contributed by atoms with E-state index in [4.69, 9.17) is 11.6 Å². The van der Waals surface area contributed by atoms with Crippen molar-refractivity contribution in [3.8, 4) is 0 Å². The average Bonchev–Trinajstić information content (AvgIpc) is 3.05. The molecule has 2 N–H and O–H groups in total. The Hall–Kier alpha value is -3.46. The molecule has 0 spiro atoms. The number of nitro benzene ring substituents is 1. The molecule has 0 unspecified atom stereocenters. The van der Waals surface area contributed by atoms with Gasteiger partial charge in [-0.3, -0.25) is 29.4 Å². The summed E-state index contributed by atoms with van der Waals surface area (Å²) in [7, 11) is 0. The largest absolute Gasteiger partial charge is 0.378 e. The van der Waals surface area contributed by atoms with Gasteiger partial charge in [0, 0.05) is 35.4 Å². The van der Waals surface area contributed by atoms with Crippen molar-refractivity contribution in [1.29, 1.82) is 0 Å². The van der Waals surface area contributed by atoms with E-state index < -0.39 is 10.8 Å². The van der Waals surface area contributed by atoms with E-state index in [2.05, 4.69) is 17.6 Å². The molecular weight excluding hydrogens is 472 g/mol. The second-order valence-corrected chi connectivity index (χ2v) is 9.70. The van der Waals surface area contributed by atoms with Crippen molar-refractivity contribution in [3.05, 3.63) is 62.7 Å². The molecule has 0 aromatic heterocycles. The van der Waals surface area contributed by atoms with Gasteiger partial charge < -0.3 is 10.6 Å². The van der Waals surface area contributed by atoms with Crippen LogP contribution in [0, 0.1) is 34.8 Å². The summed E-state index contributed by atoms with van der Waals surface area (Å²) >= 11 is 6.09. The molecule has 1 aliphatic heterocycles. The van der Waals surface area contributed by atoms with Gasteiger partial charge in [0.25, 0.3) is 11.6 Å². The Morgan fingerprint density at radius 2 is 1.89 bits per heavy atom. The molecule has 2 aromatic carbocycles. The maximum Gasteiger partial charge on any atom is 0.293 e. The number of rotatable bonds is 7. The van der Waals surface area contributed by atoms with Gasteiger partial charge in [-0.25, -0.2) is 0 Å². The molecule has 35 heavy (non-hydrogen) atoms. The van der Waals surface area contributed by atoms with Crippen molar-refractivity contribution in [2.24, 2.45) is 17.8 Å². The summed E-state index contributed by atoms with van der Waals surface area (Å²) in [5, 5.41) is 17.8. The zero-order valence-electron chi connectivity index (χ0n) is 19.5. The quantitative estimate of drug-likeness (QED) is 0.326. The number of hydrogen-bond donors (Lipinski definition) is 2. The number of imide groups is 1. The molecule has 0 radical (unpaired) electrons. The summed E-state index contributed by atoms with van der Waals surface area (Å²) in [5.41, 5.74) is 1.38. The third-order valence-corrected chi connectivity index (χ3v) is 7.22. The highest BCUT2D eigenvalue weighted by Gasteiger charge is 2.49. The lowest BCUT2D eigenvalue weighted by atomic mass is 9.76. The van der Waals surface area contributed by atoms with Crippen molar-refractivity contribution in [3.63, 3.8) is 0 Å². The fourth-order valence-corrected chi connectivity index (χ4v) is 5.01. The van der Waals surface area contributed by atoms with Crippen LogP contribution in [0.5, 0.6) is 0 Å². The van der Waals surface area contributed by atoms with E-state index in [0.717, 1.165) is 24.8 Å². The van der Waals surface area contributed by atoms with Crippen LogP contribution in [-0.2, 0) is 9.59 Å². The summed E-state index contributed by atoms with van der Waals surface area (Å²) < 4.78 is 0. The van der Waals surface area contributed by atoms with Gasteiger partial charge in [0.15, 0.2) is 0 Å². The molecule has 3 amide bonds. The highest BCUT2D eigenvalue weighted by molar-refractivity contribution is 6.31. The molecule has 1 saturated heterocycles. The van der Waals surface area contributed by atoms with E-state index in [1.165, 1.54) is 23.1 Å². The van der Waals surface area contributed by atoms with Gasteiger partial charge in [-0.05, 0) is 61.9 Å². The van der Waals surface area contributed by atoms with Crippen molar-refractivity contribution in [2.75, 3.05) is 23.7 Å². The number of benzene rings is 2. The Bertz CT molecular complexity index is 1200. The molecule has 2 aromatic rings. The molecule has 2 fully saturated rings. The number of anilines is 2. The molecular formula is C25H27ClN4O5. The van der Waals surface area contributed by atoms with Crippen molar-refractivity contribution >= 4 is 46.4 Å². The fraction of sp³-hybridized carbons (Fsp3) is 0.400. The second kappa shape index (κ2) is 10.0. The van der Waals surface area contributed by atoms with Gasteiger partial charge in [0.2, 0.25) is 11.8 Å². The zero-order chi connectivity index (χ0) is 25.3. The lowest BCUT2D eigenvalue weighted by Gasteiger charge is -2.25. The van der Waals surface area contributed by atoms with E-state index in [0.29, 0.717) is 16.6 Å². The summed E-state index contributed by atoms with van der Waals surface area (Å²) in [6.45, 7) is 4.23. The number of carbonyl (C=O) groups excluding carboxylic acids is 3.